The maximum atomic E-state index is 13.1. The fourth-order valence-corrected chi connectivity index (χ4v) is 7.69. The molecule has 2 aromatic carbocycles. The normalized spacial score (nSPS) is 14.3. The van der Waals surface area contributed by atoms with Gasteiger partial charge < -0.3 is 29.8 Å². The molecule has 4 aromatic rings. The van der Waals surface area contributed by atoms with Crippen LogP contribution in [-0.4, -0.2) is 104 Å². The van der Waals surface area contributed by atoms with Gasteiger partial charge in [0.25, 0.3) is 0 Å². The van der Waals surface area contributed by atoms with Crippen molar-refractivity contribution in [2.75, 3.05) is 27.3 Å². The highest BCUT2D eigenvalue weighted by Crippen LogP contribution is 2.28. The molecule has 336 valence electrons. The number of methoxy groups -OCH3 is 2. The number of aromatic nitrogens is 4. The number of carbonyl (C=O) groups is 4. The molecular weight excluding hydrogens is 794 g/mol. The smallest absolute Gasteiger partial charge is 0.325 e. The van der Waals surface area contributed by atoms with E-state index in [-0.39, 0.29) is 49.0 Å². The van der Waals surface area contributed by atoms with Gasteiger partial charge in [-0.25, -0.2) is 0 Å². The van der Waals surface area contributed by atoms with Gasteiger partial charge in [-0.05, 0) is 63.4 Å². The van der Waals surface area contributed by atoms with Crippen molar-refractivity contribution in [2.24, 2.45) is 11.8 Å². The summed E-state index contributed by atoms with van der Waals surface area (Å²) in [6.45, 7) is 14.6. The molecular formula is C45H70BN6O8P. The molecule has 2 aromatic heterocycles. The molecule has 0 saturated heterocycles. The van der Waals surface area contributed by atoms with Gasteiger partial charge in [-0.1, -0.05) is 80.0 Å². The standard InChI is InChI=1S/C22H31N3O3.C14H16N2O4.C8H17N.CH6BOP/c1-5-24(16-9-7-6-8-10-16)20(26)14-25-19-13-17(28-4)11-12-18(19)21(23-25)22(27)15(2)3;1-8(2)14(19)13-10-5-4-9(20-3)6-11(10)16(15-13)7-12(17)18;1-2-9-8-6-4-3-5-7-8;1-2(3)4/h11-13,15-16H,5-10,14H2,1-4H3;4-6,8H,7H2,1-3H3,(H,17,18);8-9H,2-7H2,1H3;3H,4H2,1H3. The van der Waals surface area contributed by atoms with Gasteiger partial charge in [0.05, 0.1) is 25.3 Å². The van der Waals surface area contributed by atoms with Crippen LogP contribution in [-0.2, 0) is 22.7 Å². The van der Waals surface area contributed by atoms with Crippen LogP contribution in [0.5, 0.6) is 11.5 Å². The van der Waals surface area contributed by atoms with Crippen LogP contribution in [0.1, 0.15) is 127 Å². The number of ether oxygens (including phenoxy) is 2. The van der Waals surface area contributed by atoms with Gasteiger partial charge in [-0.3, -0.25) is 28.5 Å². The number of nitrogens with zero attached hydrogens (tertiary/aromatic N) is 5. The van der Waals surface area contributed by atoms with Crippen LogP contribution >= 0.6 is 9.12 Å². The van der Waals surface area contributed by atoms with Crippen LogP contribution in [0.3, 0.4) is 0 Å². The predicted molar refractivity (Wildman–Crippen MR) is 247 cm³/mol. The van der Waals surface area contributed by atoms with Crippen molar-refractivity contribution >= 4 is 61.0 Å². The molecule has 16 heteroatoms. The lowest BCUT2D eigenvalue weighted by atomic mass is 9.94. The minimum atomic E-state index is -1.01. The van der Waals surface area contributed by atoms with Crippen LogP contribution < -0.4 is 14.8 Å². The number of carboxylic acids is 1. The summed E-state index contributed by atoms with van der Waals surface area (Å²) in [6.07, 6.45) is 12.9. The molecule has 2 aliphatic carbocycles. The number of ketones is 2. The van der Waals surface area contributed by atoms with E-state index in [9.17, 15) is 19.2 Å². The number of amides is 1. The first kappa shape index (κ1) is 51.0. The van der Waals surface area contributed by atoms with Crippen LogP contribution in [0, 0.1) is 11.8 Å². The Bertz CT molecular complexity index is 2010. The first-order valence-corrected chi connectivity index (χ1v) is 22.6. The number of fused-ring (bicyclic) bond motifs is 2. The van der Waals surface area contributed by atoms with E-state index in [0.717, 1.165) is 36.3 Å². The lowest BCUT2D eigenvalue weighted by Gasteiger charge is -2.33. The summed E-state index contributed by atoms with van der Waals surface area (Å²) in [4.78, 5) is 50.8. The van der Waals surface area contributed by atoms with Gasteiger partial charge in [0.1, 0.15) is 36.0 Å². The van der Waals surface area contributed by atoms with Crippen molar-refractivity contribution in [1.29, 1.82) is 0 Å². The molecule has 2 aliphatic rings. The predicted octanol–water partition coefficient (Wildman–Crippen LogP) is 7.93. The second kappa shape index (κ2) is 25.6. The largest absolute Gasteiger partial charge is 0.497 e. The second-order valence-electron chi connectivity index (χ2n) is 16.3. The molecule has 0 aliphatic heterocycles. The lowest BCUT2D eigenvalue weighted by molar-refractivity contribution is -0.138. The Kier molecular flexibility index (Phi) is 21.4. The third-order valence-corrected chi connectivity index (χ3v) is 10.8. The summed E-state index contributed by atoms with van der Waals surface area (Å²) >= 11 is 0. The highest BCUT2D eigenvalue weighted by atomic mass is 31.0. The molecule has 0 radical (unpaired) electrons. The van der Waals surface area contributed by atoms with Crippen LogP contribution in [0.2, 0.25) is 6.82 Å². The first-order chi connectivity index (χ1) is 29.1. The molecule has 2 saturated carbocycles. The topological polar surface area (TPSA) is 178 Å². The van der Waals surface area contributed by atoms with Gasteiger partial charge >= 0.3 is 12.6 Å². The molecule has 0 spiro atoms. The van der Waals surface area contributed by atoms with Gasteiger partial charge in [-0.15, -0.1) is 9.12 Å². The van der Waals surface area contributed by atoms with E-state index in [4.69, 9.17) is 19.6 Å². The lowest BCUT2D eigenvalue weighted by Crippen LogP contribution is -2.43. The zero-order valence-electron chi connectivity index (χ0n) is 37.9. The van der Waals surface area contributed by atoms with Crippen molar-refractivity contribution < 1.29 is 38.8 Å². The number of hydrogen-bond acceptors (Lipinski definition) is 10. The third-order valence-electron chi connectivity index (χ3n) is 10.8. The SMILES string of the molecule is CB(O)P.CCN(C(=O)Cn1nc(C(=O)C(C)C)c2ccc(OC)cc21)C1CCCCC1.CCNC1CCCCC1.COc1ccc2c(C(=O)C(C)C)nn(CC(=O)O)c2c1. The van der Waals surface area contributed by atoms with E-state index in [1.54, 1.807) is 50.7 Å². The maximum Gasteiger partial charge on any atom is 0.325 e. The van der Waals surface area contributed by atoms with E-state index in [2.05, 4.69) is 31.6 Å². The molecule has 2 fully saturated rings. The van der Waals surface area contributed by atoms with E-state index in [1.807, 2.05) is 43.9 Å². The van der Waals surface area contributed by atoms with Crippen molar-refractivity contribution in [3.63, 3.8) is 0 Å². The van der Waals surface area contributed by atoms with Crippen molar-refractivity contribution in [3.8, 4) is 11.5 Å². The molecule has 1 unspecified atom stereocenters. The average Bonchev–Trinajstić information content (AvgIpc) is 3.78. The number of benzene rings is 2. The number of likely N-dealkylation sites (N-methyl/N-ethyl adjacent to an activating group) is 1. The highest BCUT2D eigenvalue weighted by molar-refractivity contribution is 7.59. The van der Waals surface area contributed by atoms with Crippen molar-refractivity contribution in [2.45, 2.75) is 138 Å². The Morgan fingerprint density at radius 1 is 0.787 bits per heavy atom. The summed E-state index contributed by atoms with van der Waals surface area (Å²) < 4.78 is 13.5. The van der Waals surface area contributed by atoms with Gasteiger partial charge in [-0.2, -0.15) is 10.2 Å². The number of carbonyl (C=O) groups excluding carboxylic acids is 3. The summed E-state index contributed by atoms with van der Waals surface area (Å²) in [5.41, 5.74) is 2.08. The van der Waals surface area contributed by atoms with E-state index < -0.39 is 5.97 Å². The fraction of sp³-hybridized carbons (Fsp3) is 0.600. The van der Waals surface area contributed by atoms with Gasteiger partial charge in [0.15, 0.2) is 11.6 Å². The minimum absolute atomic E-state index is 0.0130. The van der Waals surface area contributed by atoms with Crippen molar-refractivity contribution in [1.82, 2.24) is 29.8 Å². The Morgan fingerprint density at radius 3 is 1.59 bits per heavy atom. The van der Waals surface area contributed by atoms with E-state index in [1.165, 1.54) is 63.2 Å². The average molecular weight is 865 g/mol. The molecule has 3 N–H and O–H groups in total. The number of Topliss-reactive ketones (excluding diaryl/α,β-unsaturated/α-hetero) is 2. The number of aliphatic carboxylic acids is 1. The third kappa shape index (κ3) is 15.2. The van der Waals surface area contributed by atoms with Crippen LogP contribution in [0.25, 0.3) is 21.8 Å². The monoisotopic (exact) mass is 865 g/mol. The maximum absolute atomic E-state index is 13.1. The Morgan fingerprint density at radius 2 is 1.21 bits per heavy atom. The zero-order chi connectivity index (χ0) is 45.2. The fourth-order valence-electron chi connectivity index (χ4n) is 7.69. The minimum Gasteiger partial charge on any atom is -0.497 e. The molecule has 61 heavy (non-hydrogen) atoms. The van der Waals surface area contributed by atoms with Crippen LogP contribution in [0.15, 0.2) is 36.4 Å². The van der Waals surface area contributed by atoms with Gasteiger partial charge in [0, 0.05) is 53.4 Å². The summed E-state index contributed by atoms with van der Waals surface area (Å²) in [5.74, 6) is -0.152. The molecule has 6 rings (SSSR count). The zero-order valence-corrected chi connectivity index (χ0v) is 39.1. The number of rotatable bonds is 14. The van der Waals surface area contributed by atoms with Gasteiger partial charge in [0.2, 0.25) is 5.91 Å². The summed E-state index contributed by atoms with van der Waals surface area (Å²) in [6, 6.07) is 11.8. The quantitative estimate of drug-likeness (QED) is 0.0637. The Hall–Kier alpha value is -4.33. The molecule has 14 nitrogen and oxygen atoms in total. The Balaban J connectivity index is 0.000000259. The molecule has 2 heterocycles. The van der Waals surface area contributed by atoms with Crippen molar-refractivity contribution in [3.05, 3.63) is 47.8 Å². The highest BCUT2D eigenvalue weighted by Gasteiger charge is 2.27. The number of nitrogens with one attached hydrogen (secondary N) is 1. The molecule has 1 atom stereocenters. The van der Waals surface area contributed by atoms with E-state index in [0.29, 0.717) is 46.4 Å². The van der Waals surface area contributed by atoms with Crippen LogP contribution in [0.4, 0.5) is 0 Å². The Labute approximate surface area is 364 Å². The summed E-state index contributed by atoms with van der Waals surface area (Å²) in [5, 5.41) is 30.6. The second-order valence-corrected chi connectivity index (χ2v) is 17.3. The number of carboxylic acid groups (broad SMARTS) is 1. The first-order valence-electron chi connectivity index (χ1n) is 21.9. The van der Waals surface area contributed by atoms with E-state index >= 15 is 0 Å². The number of hydrogen-bond donors (Lipinski definition) is 3. The summed E-state index contributed by atoms with van der Waals surface area (Å²) in [7, 11) is 5.35. The molecule has 0 bridgehead atoms. The molecule has 1 amide bonds.